The Balaban J connectivity index is 2.27. The molecule has 0 aliphatic heterocycles. The smallest absolute Gasteiger partial charge is 0.109 e. The van der Waals surface area contributed by atoms with Gasteiger partial charge in [-0.3, -0.25) is 0 Å². The van der Waals surface area contributed by atoms with Gasteiger partial charge in [0.25, 0.3) is 0 Å². The Bertz CT molecular complexity index is 294. The Morgan fingerprint density at radius 2 is 2.58 bits per heavy atom. The third kappa shape index (κ3) is 0.894. The van der Waals surface area contributed by atoms with Gasteiger partial charge < -0.3 is 9.67 Å². The van der Waals surface area contributed by atoms with Crippen LogP contribution in [0.15, 0.2) is 12.5 Å². The van der Waals surface area contributed by atoms with Gasteiger partial charge in [0.05, 0.1) is 18.2 Å². The highest BCUT2D eigenvalue weighted by atomic mass is 16.3. The van der Waals surface area contributed by atoms with Gasteiger partial charge in [0.15, 0.2) is 0 Å². The second-order valence-electron chi connectivity index (χ2n) is 3.62. The molecule has 1 aromatic heterocycles. The molecule has 0 bridgehead atoms. The Kier molecular flexibility index (Phi) is 1.51. The lowest BCUT2D eigenvalue weighted by Crippen LogP contribution is -2.12. The van der Waals surface area contributed by atoms with Crippen LogP contribution in [0, 0.1) is 5.92 Å². The van der Waals surface area contributed by atoms with Crippen molar-refractivity contribution in [2.75, 3.05) is 0 Å². The summed E-state index contributed by atoms with van der Waals surface area (Å²) in [4.78, 5) is 4.00. The summed E-state index contributed by atoms with van der Waals surface area (Å²) in [5.74, 6) is 0.438. The van der Waals surface area contributed by atoms with E-state index >= 15 is 0 Å². The average molecular weight is 166 g/mol. The number of aryl methyl sites for hydroxylation is 1. The van der Waals surface area contributed by atoms with Gasteiger partial charge in [0.2, 0.25) is 0 Å². The Morgan fingerprint density at radius 1 is 1.83 bits per heavy atom. The molecule has 2 atom stereocenters. The van der Waals surface area contributed by atoms with E-state index in [1.54, 1.807) is 12.5 Å². The maximum Gasteiger partial charge on any atom is 0.109 e. The summed E-state index contributed by atoms with van der Waals surface area (Å²) in [6.07, 6.45) is 5.43. The summed E-state index contributed by atoms with van der Waals surface area (Å²) in [7, 11) is 1.92. The third-order valence-corrected chi connectivity index (χ3v) is 2.83. The lowest BCUT2D eigenvalue weighted by atomic mass is 10.1. The summed E-state index contributed by atoms with van der Waals surface area (Å²) in [5, 5.41) is 10.1. The summed E-state index contributed by atoms with van der Waals surface area (Å²) in [6.45, 7) is 2.11. The Morgan fingerprint density at radius 3 is 3.00 bits per heavy atom. The van der Waals surface area contributed by atoms with Crippen LogP contribution >= 0.6 is 0 Å². The van der Waals surface area contributed by atoms with E-state index in [2.05, 4.69) is 11.9 Å². The zero-order valence-electron chi connectivity index (χ0n) is 7.49. The molecule has 0 aromatic carbocycles. The van der Waals surface area contributed by atoms with Crippen molar-refractivity contribution >= 4 is 0 Å². The van der Waals surface area contributed by atoms with Crippen molar-refractivity contribution in [3.8, 4) is 0 Å². The molecule has 0 saturated heterocycles. The number of hydrogen-bond donors (Lipinski definition) is 1. The van der Waals surface area contributed by atoms with E-state index < -0.39 is 5.60 Å². The molecule has 1 heterocycles. The summed E-state index contributed by atoms with van der Waals surface area (Å²) in [5.41, 5.74) is 0.384. The first-order valence-electron chi connectivity index (χ1n) is 4.37. The van der Waals surface area contributed by atoms with Crippen LogP contribution in [0.4, 0.5) is 0 Å². The number of rotatable bonds is 2. The number of nitrogens with zero attached hydrogens (tertiary/aromatic N) is 2. The molecule has 1 aliphatic carbocycles. The zero-order chi connectivity index (χ0) is 8.77. The van der Waals surface area contributed by atoms with Gasteiger partial charge in [0.1, 0.15) is 5.60 Å². The first kappa shape index (κ1) is 7.80. The van der Waals surface area contributed by atoms with Crippen LogP contribution in [0.25, 0.3) is 0 Å². The number of aliphatic hydroxyl groups is 1. The minimum atomic E-state index is -0.569. The van der Waals surface area contributed by atoms with E-state index in [0.717, 1.165) is 18.5 Å². The van der Waals surface area contributed by atoms with Gasteiger partial charge in [-0.1, -0.05) is 13.3 Å². The van der Waals surface area contributed by atoms with Crippen LogP contribution in [0.1, 0.15) is 25.5 Å². The van der Waals surface area contributed by atoms with Gasteiger partial charge in [-0.05, 0) is 12.3 Å². The third-order valence-electron chi connectivity index (χ3n) is 2.83. The second kappa shape index (κ2) is 2.33. The van der Waals surface area contributed by atoms with E-state index in [0.29, 0.717) is 5.92 Å². The van der Waals surface area contributed by atoms with Crippen LogP contribution in [0.5, 0.6) is 0 Å². The molecule has 66 valence electrons. The molecule has 2 rings (SSSR count). The predicted molar refractivity (Wildman–Crippen MR) is 45.5 cm³/mol. The number of aromatic nitrogens is 2. The van der Waals surface area contributed by atoms with Crippen LogP contribution in [0.2, 0.25) is 0 Å². The molecule has 12 heavy (non-hydrogen) atoms. The largest absolute Gasteiger partial charge is 0.383 e. The predicted octanol–water partition coefficient (Wildman–Crippen LogP) is 1.04. The van der Waals surface area contributed by atoms with Gasteiger partial charge in [-0.25, -0.2) is 4.98 Å². The second-order valence-corrected chi connectivity index (χ2v) is 3.62. The van der Waals surface area contributed by atoms with E-state index in [9.17, 15) is 5.11 Å². The molecule has 1 fully saturated rings. The van der Waals surface area contributed by atoms with E-state index in [1.165, 1.54) is 0 Å². The first-order valence-corrected chi connectivity index (χ1v) is 4.37. The van der Waals surface area contributed by atoms with E-state index in [1.807, 2.05) is 11.6 Å². The average Bonchev–Trinajstić information content (AvgIpc) is 2.50. The topological polar surface area (TPSA) is 38.1 Å². The molecule has 1 aromatic rings. The first-order chi connectivity index (χ1) is 5.68. The van der Waals surface area contributed by atoms with Crippen molar-refractivity contribution in [2.45, 2.75) is 25.4 Å². The van der Waals surface area contributed by atoms with E-state index in [4.69, 9.17) is 0 Å². The van der Waals surface area contributed by atoms with Crippen LogP contribution < -0.4 is 0 Å². The minimum absolute atomic E-state index is 0.438. The Labute approximate surface area is 72.0 Å². The molecule has 2 unspecified atom stereocenters. The number of hydrogen-bond acceptors (Lipinski definition) is 2. The lowest BCUT2D eigenvalue weighted by Gasteiger charge is -2.09. The SMILES string of the molecule is CCC1CC1(O)c1cncn1C. The summed E-state index contributed by atoms with van der Waals surface area (Å²) >= 11 is 0. The maximum atomic E-state index is 10.1. The zero-order valence-corrected chi connectivity index (χ0v) is 7.49. The molecule has 1 saturated carbocycles. The van der Waals surface area contributed by atoms with Gasteiger partial charge in [-0.2, -0.15) is 0 Å². The molecule has 1 aliphatic rings. The normalized spacial score (nSPS) is 33.8. The van der Waals surface area contributed by atoms with Crippen molar-refractivity contribution in [1.29, 1.82) is 0 Å². The molecular weight excluding hydrogens is 152 g/mol. The summed E-state index contributed by atoms with van der Waals surface area (Å²) in [6, 6.07) is 0. The molecule has 1 N–H and O–H groups in total. The monoisotopic (exact) mass is 166 g/mol. The molecule has 0 radical (unpaired) electrons. The molecule has 0 amide bonds. The fourth-order valence-corrected chi connectivity index (χ4v) is 1.89. The van der Waals surface area contributed by atoms with E-state index in [-0.39, 0.29) is 0 Å². The van der Waals surface area contributed by atoms with Gasteiger partial charge in [-0.15, -0.1) is 0 Å². The highest BCUT2D eigenvalue weighted by molar-refractivity contribution is 5.21. The Hall–Kier alpha value is -0.830. The quantitative estimate of drug-likeness (QED) is 0.712. The molecule has 3 nitrogen and oxygen atoms in total. The lowest BCUT2D eigenvalue weighted by molar-refractivity contribution is 0.122. The highest BCUT2D eigenvalue weighted by Gasteiger charge is 2.54. The maximum absolute atomic E-state index is 10.1. The molecule has 3 heteroatoms. The standard InChI is InChI=1S/C9H14N2O/c1-3-7-4-9(7,12)8-5-10-6-11(8)2/h5-7,12H,3-4H2,1-2H3. The van der Waals surface area contributed by atoms with Crippen molar-refractivity contribution in [2.24, 2.45) is 13.0 Å². The van der Waals surface area contributed by atoms with Crippen LogP contribution in [0.3, 0.4) is 0 Å². The van der Waals surface area contributed by atoms with Crippen LogP contribution in [-0.4, -0.2) is 14.7 Å². The number of imidazole rings is 1. The van der Waals surface area contributed by atoms with Crippen LogP contribution in [-0.2, 0) is 12.6 Å². The van der Waals surface area contributed by atoms with Gasteiger partial charge in [0, 0.05) is 7.05 Å². The fraction of sp³-hybridized carbons (Fsp3) is 0.667. The highest BCUT2D eigenvalue weighted by Crippen LogP contribution is 2.53. The molecule has 0 spiro atoms. The van der Waals surface area contributed by atoms with Crippen molar-refractivity contribution in [3.63, 3.8) is 0 Å². The van der Waals surface area contributed by atoms with Gasteiger partial charge >= 0.3 is 0 Å². The summed E-state index contributed by atoms with van der Waals surface area (Å²) < 4.78 is 1.90. The fourth-order valence-electron chi connectivity index (χ4n) is 1.89. The minimum Gasteiger partial charge on any atom is -0.383 e. The van der Waals surface area contributed by atoms with Crippen molar-refractivity contribution < 1.29 is 5.11 Å². The molecular formula is C9H14N2O. The van der Waals surface area contributed by atoms with Crippen molar-refractivity contribution in [1.82, 2.24) is 9.55 Å². The van der Waals surface area contributed by atoms with Crippen molar-refractivity contribution in [3.05, 3.63) is 18.2 Å².